The van der Waals surface area contributed by atoms with E-state index in [4.69, 9.17) is 0 Å². The first kappa shape index (κ1) is 12.8. The lowest BCUT2D eigenvalue weighted by atomic mass is 10.1. The molecule has 0 radical (unpaired) electrons. The van der Waals surface area contributed by atoms with E-state index in [0.717, 1.165) is 13.1 Å². The summed E-state index contributed by atoms with van der Waals surface area (Å²) in [4.78, 5) is 4.10. The molecule has 0 aliphatic rings. The van der Waals surface area contributed by atoms with Crippen molar-refractivity contribution in [3.05, 3.63) is 47.5 Å². The molecule has 0 bridgehead atoms. The van der Waals surface area contributed by atoms with Gasteiger partial charge in [0.25, 0.3) is 0 Å². The number of aromatic nitrogens is 3. The van der Waals surface area contributed by atoms with E-state index in [9.17, 15) is 0 Å². The lowest BCUT2D eigenvalue weighted by Gasteiger charge is -2.06. The largest absolute Gasteiger partial charge is 0.308 e. The summed E-state index contributed by atoms with van der Waals surface area (Å²) in [6.07, 6.45) is 5.77. The Labute approximate surface area is 108 Å². The van der Waals surface area contributed by atoms with Gasteiger partial charge in [0.15, 0.2) is 0 Å². The molecule has 0 aromatic carbocycles. The number of rotatable bonds is 5. The van der Waals surface area contributed by atoms with Gasteiger partial charge in [0.05, 0.1) is 5.69 Å². The van der Waals surface area contributed by atoms with Crippen molar-refractivity contribution >= 4 is 0 Å². The summed E-state index contributed by atoms with van der Waals surface area (Å²) in [5.74, 6) is 0.460. The molecule has 18 heavy (non-hydrogen) atoms. The van der Waals surface area contributed by atoms with Crippen LogP contribution >= 0.6 is 0 Å². The summed E-state index contributed by atoms with van der Waals surface area (Å²) in [5.41, 5.74) is 3.65. The van der Waals surface area contributed by atoms with Crippen LogP contribution in [0.4, 0.5) is 0 Å². The zero-order valence-corrected chi connectivity index (χ0v) is 11.2. The van der Waals surface area contributed by atoms with Gasteiger partial charge in [-0.2, -0.15) is 5.10 Å². The Morgan fingerprint density at radius 1 is 1.33 bits per heavy atom. The Balaban J connectivity index is 1.94. The summed E-state index contributed by atoms with van der Waals surface area (Å²) in [6.45, 7) is 6.02. The molecule has 0 saturated carbocycles. The van der Waals surface area contributed by atoms with Crippen LogP contribution in [0.3, 0.4) is 0 Å². The Hall–Kier alpha value is -1.68. The van der Waals surface area contributed by atoms with Crippen LogP contribution in [0.2, 0.25) is 0 Å². The van der Waals surface area contributed by atoms with Crippen LogP contribution in [0.5, 0.6) is 0 Å². The van der Waals surface area contributed by atoms with Crippen molar-refractivity contribution in [2.24, 2.45) is 7.05 Å². The molecule has 0 spiro atoms. The average Bonchev–Trinajstić information content (AvgIpc) is 2.72. The highest BCUT2D eigenvalue weighted by Crippen LogP contribution is 2.16. The van der Waals surface area contributed by atoms with Crippen LogP contribution in [0, 0.1) is 0 Å². The van der Waals surface area contributed by atoms with Crippen LogP contribution in [0.15, 0.2) is 30.7 Å². The van der Waals surface area contributed by atoms with Crippen LogP contribution in [-0.2, 0) is 20.1 Å². The first-order chi connectivity index (χ1) is 8.66. The van der Waals surface area contributed by atoms with Gasteiger partial charge in [0.1, 0.15) is 0 Å². The van der Waals surface area contributed by atoms with E-state index in [0.29, 0.717) is 5.92 Å². The second-order valence-corrected chi connectivity index (χ2v) is 4.83. The average molecular weight is 244 g/mol. The molecule has 2 rings (SSSR count). The molecular formula is C14H20N4. The standard InChI is InChI=1S/C14H20N4/c1-11(2)14-13(10-18(3)17-14)9-16-8-12-5-4-6-15-7-12/h4-7,10-11,16H,8-9H2,1-3H3. The SMILES string of the molecule is CC(C)c1nn(C)cc1CNCc1cccnc1. The number of nitrogens with zero attached hydrogens (tertiary/aromatic N) is 3. The lowest BCUT2D eigenvalue weighted by Crippen LogP contribution is -2.13. The molecule has 2 heterocycles. The van der Waals surface area contributed by atoms with Crippen LogP contribution < -0.4 is 5.32 Å². The molecule has 4 heteroatoms. The molecule has 2 aromatic rings. The van der Waals surface area contributed by atoms with Crippen LogP contribution in [-0.4, -0.2) is 14.8 Å². The summed E-state index contributed by atoms with van der Waals surface area (Å²) in [5, 5.41) is 7.93. The quantitative estimate of drug-likeness (QED) is 0.877. The normalized spacial score (nSPS) is 11.1. The predicted octanol–water partition coefficient (Wildman–Crippen LogP) is 2.23. The van der Waals surface area contributed by atoms with E-state index in [1.807, 2.05) is 24.0 Å². The monoisotopic (exact) mass is 244 g/mol. The van der Waals surface area contributed by atoms with Crippen molar-refractivity contribution < 1.29 is 0 Å². The third-order valence-corrected chi connectivity index (χ3v) is 2.85. The number of hydrogen-bond acceptors (Lipinski definition) is 3. The molecule has 1 N–H and O–H groups in total. The van der Waals surface area contributed by atoms with Gasteiger partial charge >= 0.3 is 0 Å². The molecular weight excluding hydrogens is 224 g/mol. The Bertz CT molecular complexity index is 488. The maximum atomic E-state index is 4.50. The van der Waals surface area contributed by atoms with Gasteiger partial charge in [-0.1, -0.05) is 19.9 Å². The summed E-state index contributed by atoms with van der Waals surface area (Å²) in [7, 11) is 1.97. The van der Waals surface area contributed by atoms with Gasteiger partial charge in [-0.3, -0.25) is 9.67 Å². The van der Waals surface area contributed by atoms with Gasteiger partial charge in [0, 0.05) is 44.3 Å². The molecule has 0 aliphatic heterocycles. The van der Waals surface area contributed by atoms with E-state index in [1.165, 1.54) is 16.8 Å². The van der Waals surface area contributed by atoms with Gasteiger partial charge in [-0.25, -0.2) is 0 Å². The smallest absolute Gasteiger partial charge is 0.0694 e. The van der Waals surface area contributed by atoms with Crippen LogP contribution in [0.1, 0.15) is 36.6 Å². The fourth-order valence-electron chi connectivity index (χ4n) is 2.02. The number of hydrogen-bond donors (Lipinski definition) is 1. The fraction of sp³-hybridized carbons (Fsp3) is 0.429. The molecule has 0 unspecified atom stereocenters. The fourth-order valence-corrected chi connectivity index (χ4v) is 2.02. The molecule has 4 nitrogen and oxygen atoms in total. The van der Waals surface area contributed by atoms with Crippen molar-refractivity contribution in [1.29, 1.82) is 0 Å². The Morgan fingerprint density at radius 3 is 2.83 bits per heavy atom. The van der Waals surface area contributed by atoms with Crippen molar-refractivity contribution in [3.8, 4) is 0 Å². The molecule has 96 valence electrons. The van der Waals surface area contributed by atoms with Gasteiger partial charge < -0.3 is 5.32 Å². The second kappa shape index (κ2) is 5.78. The minimum absolute atomic E-state index is 0.460. The Morgan fingerprint density at radius 2 is 2.17 bits per heavy atom. The first-order valence-corrected chi connectivity index (χ1v) is 6.29. The molecule has 0 amide bonds. The van der Waals surface area contributed by atoms with E-state index < -0.39 is 0 Å². The topological polar surface area (TPSA) is 42.7 Å². The molecule has 0 atom stereocenters. The number of nitrogens with one attached hydrogen (secondary N) is 1. The first-order valence-electron chi connectivity index (χ1n) is 6.29. The van der Waals surface area contributed by atoms with E-state index in [1.54, 1.807) is 6.20 Å². The maximum Gasteiger partial charge on any atom is 0.0694 e. The van der Waals surface area contributed by atoms with E-state index >= 15 is 0 Å². The second-order valence-electron chi connectivity index (χ2n) is 4.83. The minimum Gasteiger partial charge on any atom is -0.308 e. The third kappa shape index (κ3) is 3.17. The van der Waals surface area contributed by atoms with Crippen LogP contribution in [0.25, 0.3) is 0 Å². The summed E-state index contributed by atoms with van der Waals surface area (Å²) in [6, 6.07) is 4.03. The highest BCUT2D eigenvalue weighted by atomic mass is 15.3. The number of pyridine rings is 1. The molecule has 0 fully saturated rings. The number of aryl methyl sites for hydroxylation is 1. The molecule has 2 aromatic heterocycles. The van der Waals surface area contributed by atoms with Crippen molar-refractivity contribution in [3.63, 3.8) is 0 Å². The van der Waals surface area contributed by atoms with Crippen molar-refractivity contribution in [2.45, 2.75) is 32.9 Å². The highest BCUT2D eigenvalue weighted by Gasteiger charge is 2.10. The summed E-state index contributed by atoms with van der Waals surface area (Å²) >= 11 is 0. The van der Waals surface area contributed by atoms with Crippen molar-refractivity contribution in [2.75, 3.05) is 0 Å². The predicted molar refractivity (Wildman–Crippen MR) is 72.1 cm³/mol. The van der Waals surface area contributed by atoms with Crippen molar-refractivity contribution in [1.82, 2.24) is 20.1 Å². The Kier molecular flexibility index (Phi) is 4.10. The highest BCUT2D eigenvalue weighted by molar-refractivity contribution is 5.20. The zero-order chi connectivity index (χ0) is 13.0. The zero-order valence-electron chi connectivity index (χ0n) is 11.2. The third-order valence-electron chi connectivity index (χ3n) is 2.85. The van der Waals surface area contributed by atoms with Gasteiger partial charge in [-0.05, 0) is 17.5 Å². The van der Waals surface area contributed by atoms with E-state index in [-0.39, 0.29) is 0 Å². The molecule has 0 aliphatic carbocycles. The van der Waals surface area contributed by atoms with Gasteiger partial charge in [-0.15, -0.1) is 0 Å². The summed E-state index contributed by atoms with van der Waals surface area (Å²) < 4.78 is 1.89. The lowest BCUT2D eigenvalue weighted by molar-refractivity contribution is 0.676. The molecule has 0 saturated heterocycles. The van der Waals surface area contributed by atoms with E-state index in [2.05, 4.69) is 41.5 Å². The minimum atomic E-state index is 0.460. The maximum absolute atomic E-state index is 4.50. The van der Waals surface area contributed by atoms with Gasteiger partial charge in [0.2, 0.25) is 0 Å².